The van der Waals surface area contributed by atoms with Crippen LogP contribution in [-0.2, 0) is 6.42 Å². The van der Waals surface area contributed by atoms with Crippen molar-refractivity contribution in [1.82, 2.24) is 0 Å². The number of aromatic hydroxyl groups is 2. The first kappa shape index (κ1) is 17.9. The van der Waals surface area contributed by atoms with Crippen LogP contribution in [0.5, 0.6) is 11.5 Å². The molecule has 2 rings (SSSR count). The first-order chi connectivity index (χ1) is 10.9. The van der Waals surface area contributed by atoms with Crippen LogP contribution in [0.3, 0.4) is 0 Å². The van der Waals surface area contributed by atoms with Crippen LogP contribution in [0.4, 0.5) is 0 Å². The zero-order chi connectivity index (χ0) is 17.0. The molecule has 0 aromatic heterocycles. The summed E-state index contributed by atoms with van der Waals surface area (Å²) in [5.74, 6) is 1.69. The minimum absolute atomic E-state index is 0.181. The maximum Gasteiger partial charge on any atom is 0.123 e. The SMILES string of the molecule is C=C(C)C1CCC(C)CC1c1c(O)cc(CCCCC)cc1O. The predicted octanol–water partition coefficient (Wildman–Crippen LogP) is 5.93. The fourth-order valence-corrected chi connectivity index (χ4v) is 4.07. The Labute approximate surface area is 141 Å². The molecule has 3 atom stereocenters. The van der Waals surface area contributed by atoms with Crippen molar-refractivity contribution in [1.29, 1.82) is 0 Å². The summed E-state index contributed by atoms with van der Waals surface area (Å²) in [6.07, 6.45) is 7.68. The summed E-state index contributed by atoms with van der Waals surface area (Å²) < 4.78 is 0. The minimum Gasteiger partial charge on any atom is -0.508 e. The zero-order valence-corrected chi connectivity index (χ0v) is 14.9. The van der Waals surface area contributed by atoms with Gasteiger partial charge < -0.3 is 10.2 Å². The molecule has 0 spiro atoms. The normalized spacial score (nSPS) is 24.6. The number of rotatable bonds is 6. The molecular weight excluding hydrogens is 284 g/mol. The molecule has 1 saturated carbocycles. The van der Waals surface area contributed by atoms with Gasteiger partial charge in [0.15, 0.2) is 0 Å². The quantitative estimate of drug-likeness (QED) is 0.504. The third kappa shape index (κ3) is 4.31. The molecule has 0 aliphatic heterocycles. The molecule has 2 heteroatoms. The Hall–Kier alpha value is -1.44. The lowest BCUT2D eigenvalue weighted by Crippen LogP contribution is -2.23. The number of unbranched alkanes of at least 4 members (excludes halogenated alkanes) is 2. The van der Waals surface area contributed by atoms with Crippen molar-refractivity contribution in [3.8, 4) is 11.5 Å². The van der Waals surface area contributed by atoms with Gasteiger partial charge in [-0.3, -0.25) is 0 Å². The molecule has 1 aliphatic carbocycles. The van der Waals surface area contributed by atoms with E-state index in [0.29, 0.717) is 11.8 Å². The van der Waals surface area contributed by atoms with E-state index in [2.05, 4.69) is 27.4 Å². The van der Waals surface area contributed by atoms with Crippen molar-refractivity contribution in [3.63, 3.8) is 0 Å². The summed E-state index contributed by atoms with van der Waals surface area (Å²) in [5.41, 5.74) is 2.93. The van der Waals surface area contributed by atoms with Gasteiger partial charge in [0.25, 0.3) is 0 Å². The maximum absolute atomic E-state index is 10.6. The molecule has 1 aliphatic rings. The Morgan fingerprint density at radius 1 is 1.17 bits per heavy atom. The van der Waals surface area contributed by atoms with E-state index < -0.39 is 0 Å². The summed E-state index contributed by atoms with van der Waals surface area (Å²) in [4.78, 5) is 0. The van der Waals surface area contributed by atoms with E-state index in [1.54, 1.807) is 0 Å². The number of benzene rings is 1. The van der Waals surface area contributed by atoms with E-state index in [-0.39, 0.29) is 17.4 Å². The molecule has 0 amide bonds. The second-order valence-electron chi connectivity index (χ2n) is 7.48. The van der Waals surface area contributed by atoms with Crippen LogP contribution in [-0.4, -0.2) is 10.2 Å². The second kappa shape index (κ2) is 7.90. The van der Waals surface area contributed by atoms with E-state index >= 15 is 0 Å². The summed E-state index contributed by atoms with van der Waals surface area (Å²) in [6, 6.07) is 3.72. The highest BCUT2D eigenvalue weighted by atomic mass is 16.3. The van der Waals surface area contributed by atoms with Gasteiger partial charge in [-0.1, -0.05) is 45.3 Å². The second-order valence-corrected chi connectivity index (χ2v) is 7.48. The van der Waals surface area contributed by atoms with Gasteiger partial charge in [0.05, 0.1) is 0 Å². The molecule has 23 heavy (non-hydrogen) atoms. The highest BCUT2D eigenvalue weighted by molar-refractivity contribution is 5.49. The molecular formula is C21H32O2. The van der Waals surface area contributed by atoms with Crippen molar-refractivity contribution in [2.45, 2.75) is 71.6 Å². The monoisotopic (exact) mass is 316 g/mol. The van der Waals surface area contributed by atoms with Crippen LogP contribution in [0.2, 0.25) is 0 Å². The Kier molecular flexibility index (Phi) is 6.15. The van der Waals surface area contributed by atoms with E-state index in [1.807, 2.05) is 12.1 Å². The number of allylic oxidation sites excluding steroid dienone is 1. The fraction of sp³-hybridized carbons (Fsp3) is 0.619. The smallest absolute Gasteiger partial charge is 0.123 e. The molecule has 1 aromatic rings. The number of phenols is 2. The Balaban J connectivity index is 2.28. The van der Waals surface area contributed by atoms with E-state index in [1.165, 1.54) is 19.3 Å². The molecule has 1 aromatic carbocycles. The van der Waals surface area contributed by atoms with Crippen molar-refractivity contribution in [3.05, 3.63) is 35.4 Å². The van der Waals surface area contributed by atoms with Gasteiger partial charge in [0.1, 0.15) is 11.5 Å². The van der Waals surface area contributed by atoms with Gasteiger partial charge in [-0.2, -0.15) is 0 Å². The third-order valence-corrected chi connectivity index (χ3v) is 5.38. The van der Waals surface area contributed by atoms with E-state index in [4.69, 9.17) is 0 Å². The van der Waals surface area contributed by atoms with Crippen molar-refractivity contribution >= 4 is 0 Å². The van der Waals surface area contributed by atoms with Crippen LogP contribution in [0.1, 0.15) is 76.3 Å². The van der Waals surface area contributed by atoms with Crippen LogP contribution in [0, 0.1) is 11.8 Å². The van der Waals surface area contributed by atoms with Gasteiger partial charge in [-0.05, 0) is 68.1 Å². The highest BCUT2D eigenvalue weighted by Gasteiger charge is 2.33. The molecule has 2 nitrogen and oxygen atoms in total. The zero-order valence-electron chi connectivity index (χ0n) is 14.9. The molecule has 0 heterocycles. The van der Waals surface area contributed by atoms with Crippen LogP contribution in [0.25, 0.3) is 0 Å². The standard InChI is InChI=1S/C21H32O2/c1-5-6-7-8-16-12-19(22)21(20(23)13-16)18-11-15(4)9-10-17(18)14(2)3/h12-13,15,17-18,22-23H,2,5-11H2,1,3-4H3. The van der Waals surface area contributed by atoms with Gasteiger partial charge in [-0.15, -0.1) is 0 Å². The third-order valence-electron chi connectivity index (χ3n) is 5.38. The largest absolute Gasteiger partial charge is 0.508 e. The van der Waals surface area contributed by atoms with Crippen LogP contribution >= 0.6 is 0 Å². The average Bonchev–Trinajstić information content (AvgIpc) is 2.46. The number of phenolic OH excluding ortho intramolecular Hbond substituents is 2. The van der Waals surface area contributed by atoms with Crippen molar-refractivity contribution in [2.24, 2.45) is 11.8 Å². The summed E-state index contributed by atoms with van der Waals surface area (Å²) >= 11 is 0. The lowest BCUT2D eigenvalue weighted by Gasteiger charge is -2.36. The molecule has 0 bridgehead atoms. The number of hydrogen-bond donors (Lipinski definition) is 2. The maximum atomic E-state index is 10.6. The average molecular weight is 316 g/mol. The first-order valence-electron chi connectivity index (χ1n) is 9.14. The Morgan fingerprint density at radius 2 is 1.83 bits per heavy atom. The first-order valence-corrected chi connectivity index (χ1v) is 9.14. The molecule has 128 valence electrons. The lowest BCUT2D eigenvalue weighted by molar-refractivity contribution is 0.267. The molecule has 0 saturated heterocycles. The highest BCUT2D eigenvalue weighted by Crippen LogP contribution is 2.49. The Bertz CT molecular complexity index is 524. The van der Waals surface area contributed by atoms with Gasteiger partial charge in [0, 0.05) is 5.56 Å². The van der Waals surface area contributed by atoms with E-state index in [9.17, 15) is 10.2 Å². The minimum atomic E-state index is 0.181. The van der Waals surface area contributed by atoms with Gasteiger partial charge in [-0.25, -0.2) is 0 Å². The topological polar surface area (TPSA) is 40.5 Å². The molecule has 1 fully saturated rings. The van der Waals surface area contributed by atoms with Crippen LogP contribution < -0.4 is 0 Å². The summed E-state index contributed by atoms with van der Waals surface area (Å²) in [5, 5.41) is 21.2. The predicted molar refractivity (Wildman–Crippen MR) is 97.1 cm³/mol. The van der Waals surface area contributed by atoms with Crippen molar-refractivity contribution in [2.75, 3.05) is 0 Å². The lowest BCUT2D eigenvalue weighted by atomic mass is 9.69. The van der Waals surface area contributed by atoms with Crippen molar-refractivity contribution < 1.29 is 10.2 Å². The van der Waals surface area contributed by atoms with Gasteiger partial charge in [0.2, 0.25) is 0 Å². The van der Waals surface area contributed by atoms with Gasteiger partial charge >= 0.3 is 0 Å². The molecule has 2 N–H and O–H groups in total. The summed E-state index contributed by atoms with van der Waals surface area (Å²) in [7, 11) is 0. The summed E-state index contributed by atoms with van der Waals surface area (Å²) in [6.45, 7) is 10.7. The molecule has 0 radical (unpaired) electrons. The number of hydrogen-bond acceptors (Lipinski definition) is 2. The fourth-order valence-electron chi connectivity index (χ4n) is 4.07. The van der Waals surface area contributed by atoms with E-state index in [0.717, 1.165) is 42.4 Å². The molecule has 3 unspecified atom stereocenters. The number of aryl methyl sites for hydroxylation is 1. The Morgan fingerprint density at radius 3 is 2.39 bits per heavy atom. The van der Waals surface area contributed by atoms with Crippen LogP contribution in [0.15, 0.2) is 24.3 Å².